The minimum atomic E-state index is 0.244. The molecule has 1 unspecified atom stereocenters. The fraction of sp³-hybridized carbons (Fsp3) is 0.357. The third kappa shape index (κ3) is 2.74. The average Bonchev–Trinajstić information content (AvgIpc) is 2.38. The van der Waals surface area contributed by atoms with E-state index in [0.717, 1.165) is 17.0 Å². The Kier molecular flexibility index (Phi) is 4.12. The van der Waals surface area contributed by atoms with Crippen molar-refractivity contribution in [2.24, 2.45) is 5.73 Å². The fourth-order valence-electron chi connectivity index (χ4n) is 2.21. The number of nitrogens with zero attached hydrogens (tertiary/aromatic N) is 3. The van der Waals surface area contributed by atoms with Crippen LogP contribution in [0.15, 0.2) is 18.3 Å². The van der Waals surface area contributed by atoms with E-state index in [9.17, 15) is 0 Å². The Labute approximate surface area is 118 Å². The molecule has 100 valence electrons. The summed E-state index contributed by atoms with van der Waals surface area (Å²) in [5, 5.41) is 0.556. The SMILES string of the molecule is Cc1nc(-c2ncccc2Cl)nc(C)c1C(C)CN. The average molecular weight is 277 g/mol. The molecule has 5 heteroatoms. The molecule has 2 N–H and O–H groups in total. The number of pyridine rings is 1. The molecule has 0 aliphatic carbocycles. The van der Waals surface area contributed by atoms with Gasteiger partial charge in [0.1, 0.15) is 5.69 Å². The molecule has 2 aromatic rings. The summed E-state index contributed by atoms with van der Waals surface area (Å²) in [6, 6.07) is 3.57. The van der Waals surface area contributed by atoms with Crippen molar-refractivity contribution in [1.29, 1.82) is 0 Å². The molecule has 0 saturated heterocycles. The van der Waals surface area contributed by atoms with Crippen molar-refractivity contribution in [3.63, 3.8) is 0 Å². The largest absolute Gasteiger partial charge is 0.330 e. The van der Waals surface area contributed by atoms with Crippen molar-refractivity contribution in [3.8, 4) is 11.5 Å². The fourth-order valence-corrected chi connectivity index (χ4v) is 2.42. The lowest BCUT2D eigenvalue weighted by Crippen LogP contribution is -2.14. The van der Waals surface area contributed by atoms with E-state index >= 15 is 0 Å². The van der Waals surface area contributed by atoms with Crippen LogP contribution in [0.2, 0.25) is 5.02 Å². The molecule has 0 amide bonds. The van der Waals surface area contributed by atoms with Crippen molar-refractivity contribution < 1.29 is 0 Å². The summed E-state index contributed by atoms with van der Waals surface area (Å²) >= 11 is 6.13. The van der Waals surface area contributed by atoms with E-state index in [1.165, 1.54) is 0 Å². The van der Waals surface area contributed by atoms with Gasteiger partial charge in [-0.05, 0) is 44.0 Å². The summed E-state index contributed by atoms with van der Waals surface area (Å²) in [6.07, 6.45) is 1.69. The third-order valence-corrected chi connectivity index (χ3v) is 3.45. The van der Waals surface area contributed by atoms with Crippen LogP contribution in [0.5, 0.6) is 0 Å². The highest BCUT2D eigenvalue weighted by atomic mass is 35.5. The lowest BCUT2D eigenvalue weighted by atomic mass is 9.98. The van der Waals surface area contributed by atoms with Gasteiger partial charge < -0.3 is 5.73 Å². The topological polar surface area (TPSA) is 64.7 Å². The third-order valence-electron chi connectivity index (χ3n) is 3.14. The zero-order valence-electron chi connectivity index (χ0n) is 11.3. The molecule has 0 saturated carbocycles. The molecule has 2 rings (SSSR count). The number of hydrogen-bond acceptors (Lipinski definition) is 4. The number of hydrogen-bond donors (Lipinski definition) is 1. The predicted molar refractivity (Wildman–Crippen MR) is 77.2 cm³/mol. The summed E-state index contributed by atoms with van der Waals surface area (Å²) in [6.45, 7) is 6.59. The number of nitrogens with two attached hydrogens (primary N) is 1. The zero-order chi connectivity index (χ0) is 14.0. The van der Waals surface area contributed by atoms with E-state index in [0.29, 0.717) is 23.1 Å². The van der Waals surface area contributed by atoms with Crippen LogP contribution in [0.3, 0.4) is 0 Å². The quantitative estimate of drug-likeness (QED) is 0.936. The number of halogens is 1. The highest BCUT2D eigenvalue weighted by molar-refractivity contribution is 6.32. The van der Waals surface area contributed by atoms with Crippen LogP contribution in [0.4, 0.5) is 0 Å². The minimum Gasteiger partial charge on any atom is -0.330 e. The van der Waals surface area contributed by atoms with Crippen LogP contribution in [0.1, 0.15) is 29.8 Å². The zero-order valence-corrected chi connectivity index (χ0v) is 12.1. The lowest BCUT2D eigenvalue weighted by molar-refractivity contribution is 0.743. The van der Waals surface area contributed by atoms with Crippen molar-refractivity contribution >= 4 is 11.6 Å². The molecule has 4 nitrogen and oxygen atoms in total. The van der Waals surface area contributed by atoms with Crippen molar-refractivity contribution in [2.45, 2.75) is 26.7 Å². The maximum Gasteiger partial charge on any atom is 0.180 e. The normalized spacial score (nSPS) is 12.5. The van der Waals surface area contributed by atoms with Gasteiger partial charge in [0.25, 0.3) is 0 Å². The van der Waals surface area contributed by atoms with Gasteiger partial charge in [0.15, 0.2) is 5.82 Å². The van der Waals surface area contributed by atoms with E-state index in [2.05, 4.69) is 21.9 Å². The van der Waals surface area contributed by atoms with Gasteiger partial charge in [0.2, 0.25) is 0 Å². The summed E-state index contributed by atoms with van der Waals surface area (Å²) in [5.41, 5.74) is 9.31. The molecule has 0 radical (unpaired) electrons. The van der Waals surface area contributed by atoms with Gasteiger partial charge >= 0.3 is 0 Å². The molecule has 0 aromatic carbocycles. The molecule has 19 heavy (non-hydrogen) atoms. The molecule has 2 heterocycles. The molecule has 0 aliphatic rings. The van der Waals surface area contributed by atoms with Gasteiger partial charge in [-0.25, -0.2) is 9.97 Å². The second-order valence-corrected chi connectivity index (χ2v) is 5.01. The van der Waals surface area contributed by atoms with E-state index in [4.69, 9.17) is 17.3 Å². The van der Waals surface area contributed by atoms with Gasteiger partial charge in [-0.2, -0.15) is 0 Å². The van der Waals surface area contributed by atoms with Crippen LogP contribution in [0.25, 0.3) is 11.5 Å². The van der Waals surface area contributed by atoms with Crippen molar-refractivity contribution in [1.82, 2.24) is 15.0 Å². The minimum absolute atomic E-state index is 0.244. The van der Waals surface area contributed by atoms with Gasteiger partial charge in [-0.3, -0.25) is 4.98 Å². The maximum atomic E-state index is 6.13. The van der Waals surface area contributed by atoms with Gasteiger partial charge in [-0.15, -0.1) is 0 Å². The van der Waals surface area contributed by atoms with E-state index < -0.39 is 0 Å². The Morgan fingerprint density at radius 1 is 1.26 bits per heavy atom. The van der Waals surface area contributed by atoms with E-state index in [1.54, 1.807) is 18.3 Å². The molecule has 0 bridgehead atoms. The number of rotatable bonds is 3. The highest BCUT2D eigenvalue weighted by Gasteiger charge is 2.16. The Morgan fingerprint density at radius 3 is 2.42 bits per heavy atom. The van der Waals surface area contributed by atoms with Crippen molar-refractivity contribution in [3.05, 3.63) is 40.3 Å². The van der Waals surface area contributed by atoms with Crippen molar-refractivity contribution in [2.75, 3.05) is 6.54 Å². The van der Waals surface area contributed by atoms with Gasteiger partial charge in [0.05, 0.1) is 5.02 Å². The molecule has 1 atom stereocenters. The Hall–Kier alpha value is -1.52. The molecular weight excluding hydrogens is 260 g/mol. The molecule has 0 aliphatic heterocycles. The molecule has 2 aromatic heterocycles. The standard InChI is InChI=1S/C14H17ClN4/c1-8(7-16)12-9(2)18-14(19-10(12)3)13-11(15)5-4-6-17-13/h4-6,8H,7,16H2,1-3H3. The van der Waals surface area contributed by atoms with Crippen LogP contribution in [-0.2, 0) is 0 Å². The second-order valence-electron chi connectivity index (χ2n) is 4.60. The number of aromatic nitrogens is 3. The summed E-state index contributed by atoms with van der Waals surface area (Å²) in [5.74, 6) is 0.807. The first-order valence-electron chi connectivity index (χ1n) is 6.20. The van der Waals surface area contributed by atoms with Crippen LogP contribution < -0.4 is 5.73 Å². The van der Waals surface area contributed by atoms with Crippen LogP contribution in [0, 0.1) is 13.8 Å². The first-order valence-corrected chi connectivity index (χ1v) is 6.58. The Bertz CT molecular complexity index is 575. The Morgan fingerprint density at radius 2 is 1.89 bits per heavy atom. The predicted octanol–water partition coefficient (Wildman–Crippen LogP) is 2.87. The molecular formula is C14H17ClN4. The van der Waals surface area contributed by atoms with Crippen LogP contribution >= 0.6 is 11.6 Å². The molecule has 0 fully saturated rings. The van der Waals surface area contributed by atoms with Crippen LogP contribution in [-0.4, -0.2) is 21.5 Å². The van der Waals surface area contributed by atoms with Gasteiger partial charge in [-0.1, -0.05) is 18.5 Å². The number of aryl methyl sites for hydroxylation is 2. The van der Waals surface area contributed by atoms with E-state index in [1.807, 2.05) is 13.8 Å². The summed E-state index contributed by atoms with van der Waals surface area (Å²) in [7, 11) is 0. The first kappa shape index (κ1) is 13.9. The second kappa shape index (κ2) is 5.63. The van der Waals surface area contributed by atoms with E-state index in [-0.39, 0.29) is 5.92 Å². The molecule has 0 spiro atoms. The van der Waals surface area contributed by atoms with Gasteiger partial charge in [0, 0.05) is 17.6 Å². The monoisotopic (exact) mass is 276 g/mol. The maximum absolute atomic E-state index is 6.13. The Balaban J connectivity index is 2.55. The first-order chi connectivity index (χ1) is 9.04. The highest BCUT2D eigenvalue weighted by Crippen LogP contribution is 2.26. The summed E-state index contributed by atoms with van der Waals surface area (Å²) < 4.78 is 0. The lowest BCUT2D eigenvalue weighted by Gasteiger charge is -2.15. The smallest absolute Gasteiger partial charge is 0.180 e. The summed E-state index contributed by atoms with van der Waals surface area (Å²) in [4.78, 5) is 13.3.